The van der Waals surface area contributed by atoms with Crippen LogP contribution in [-0.2, 0) is 11.8 Å². The molecule has 0 bridgehead atoms. The number of aryl methyl sites for hydroxylation is 1. The van der Waals surface area contributed by atoms with Crippen molar-refractivity contribution >= 4 is 45.5 Å². The summed E-state index contributed by atoms with van der Waals surface area (Å²) in [6.45, 7) is 11.8. The first-order valence-corrected chi connectivity index (χ1v) is 12.7. The second-order valence-corrected chi connectivity index (χ2v) is 9.69. The predicted molar refractivity (Wildman–Crippen MR) is 157 cm³/mol. The van der Waals surface area contributed by atoms with Gasteiger partial charge in [0.05, 0.1) is 29.3 Å². The minimum atomic E-state index is -4.99. The number of aromatic nitrogens is 3. The van der Waals surface area contributed by atoms with Crippen molar-refractivity contribution in [2.24, 2.45) is 7.05 Å². The van der Waals surface area contributed by atoms with Gasteiger partial charge < -0.3 is 29.7 Å². The van der Waals surface area contributed by atoms with Gasteiger partial charge in [0.15, 0.2) is 11.4 Å². The Hall–Kier alpha value is -5.09. The quantitative estimate of drug-likeness (QED) is 0.178. The molecular weight excluding hydrogens is 549 g/mol. The van der Waals surface area contributed by atoms with E-state index in [0.717, 1.165) is 22.5 Å². The first-order valence-electron chi connectivity index (χ1n) is 12.7. The molecule has 10 nitrogen and oxygen atoms in total. The van der Waals surface area contributed by atoms with E-state index in [0.29, 0.717) is 30.2 Å². The maximum atomic E-state index is 13.5. The third-order valence-electron chi connectivity index (χ3n) is 6.34. The molecule has 2 heterocycles. The number of hydrogen-bond acceptors (Lipinski definition) is 7. The number of alkyl halides is 3. The number of carbonyl (C=O) groups is 1. The van der Waals surface area contributed by atoms with Gasteiger partial charge in [0.25, 0.3) is 0 Å². The minimum absolute atomic E-state index is 0.00372. The number of nitrogens with zero attached hydrogens (tertiary/aromatic N) is 6. The fourth-order valence-corrected chi connectivity index (χ4v) is 4.28. The summed E-state index contributed by atoms with van der Waals surface area (Å²) in [6, 6.07) is 9.51. The van der Waals surface area contributed by atoms with Crippen LogP contribution in [0.3, 0.4) is 0 Å². The summed E-state index contributed by atoms with van der Waals surface area (Å²) < 4.78 is 46.7. The van der Waals surface area contributed by atoms with Crippen molar-refractivity contribution in [1.82, 2.24) is 19.4 Å². The lowest BCUT2D eigenvalue weighted by Gasteiger charge is -2.26. The molecule has 0 aliphatic rings. The van der Waals surface area contributed by atoms with Crippen molar-refractivity contribution in [1.29, 1.82) is 0 Å². The highest BCUT2D eigenvalue weighted by Gasteiger charge is 2.33. The molecule has 0 aliphatic heterocycles. The molecule has 2 aromatic carbocycles. The summed E-state index contributed by atoms with van der Waals surface area (Å²) in [5, 5.41) is 6.33. The Kier molecular flexibility index (Phi) is 8.68. The average molecular weight is 579 g/mol. The zero-order valence-corrected chi connectivity index (χ0v) is 23.5. The first kappa shape index (κ1) is 29.9. The van der Waals surface area contributed by atoms with Crippen LogP contribution in [-0.4, -0.2) is 65.9 Å². The number of ether oxygens (including phenoxy) is 1. The van der Waals surface area contributed by atoms with Crippen molar-refractivity contribution in [3.63, 3.8) is 0 Å². The molecule has 0 atom stereocenters. The molecule has 0 unspecified atom stereocenters. The molecule has 0 saturated carbocycles. The van der Waals surface area contributed by atoms with E-state index in [1.54, 1.807) is 30.1 Å². The SMILES string of the molecule is [C-]#[N+]c1ccc2c(-c3ccnc(Nc4cc(NC(=O)C=C)c(N(C)CCN(C)C)cc4OC(F)(F)F)n3)cn(C)c2c1. The van der Waals surface area contributed by atoms with Crippen molar-refractivity contribution in [2.45, 2.75) is 6.36 Å². The summed E-state index contributed by atoms with van der Waals surface area (Å²) in [6.07, 6.45) is -0.596. The van der Waals surface area contributed by atoms with Crippen molar-refractivity contribution in [3.05, 3.63) is 72.9 Å². The van der Waals surface area contributed by atoms with Crippen LogP contribution >= 0.6 is 0 Å². The number of likely N-dealkylation sites (N-methyl/N-ethyl adjacent to an activating group) is 2. The van der Waals surface area contributed by atoms with E-state index in [9.17, 15) is 18.0 Å². The van der Waals surface area contributed by atoms with Crippen LogP contribution in [0.15, 0.2) is 61.4 Å². The number of halogens is 3. The Bertz CT molecular complexity index is 1670. The van der Waals surface area contributed by atoms with Gasteiger partial charge in [0, 0.05) is 62.1 Å². The highest BCUT2D eigenvalue weighted by Crippen LogP contribution is 2.40. The fraction of sp³-hybridized carbons (Fsp3) is 0.241. The highest BCUT2D eigenvalue weighted by atomic mass is 19.4. The average Bonchev–Trinajstić information content (AvgIpc) is 3.27. The van der Waals surface area contributed by atoms with E-state index in [-0.39, 0.29) is 17.3 Å². The maximum absolute atomic E-state index is 13.5. The molecule has 2 aromatic heterocycles. The van der Waals surface area contributed by atoms with Gasteiger partial charge in [0.1, 0.15) is 0 Å². The molecule has 0 aliphatic carbocycles. The number of hydrogen-bond donors (Lipinski definition) is 2. The van der Waals surface area contributed by atoms with Crippen LogP contribution in [0.4, 0.5) is 41.9 Å². The molecule has 1 amide bonds. The summed E-state index contributed by atoms with van der Waals surface area (Å²) in [5.41, 5.74) is 3.00. The fourth-order valence-electron chi connectivity index (χ4n) is 4.28. The summed E-state index contributed by atoms with van der Waals surface area (Å²) in [5.74, 6) is -1.07. The molecule has 0 fully saturated rings. The van der Waals surface area contributed by atoms with Crippen molar-refractivity contribution in [2.75, 3.05) is 49.8 Å². The van der Waals surface area contributed by atoms with E-state index in [1.807, 2.05) is 42.9 Å². The van der Waals surface area contributed by atoms with E-state index < -0.39 is 18.0 Å². The Morgan fingerprint density at radius 2 is 1.93 bits per heavy atom. The monoisotopic (exact) mass is 578 g/mol. The number of nitrogens with one attached hydrogen (secondary N) is 2. The molecule has 218 valence electrons. The van der Waals surface area contributed by atoms with Gasteiger partial charge in [-0.1, -0.05) is 18.7 Å². The molecule has 13 heteroatoms. The highest BCUT2D eigenvalue weighted by molar-refractivity contribution is 6.02. The molecule has 4 rings (SSSR count). The Morgan fingerprint density at radius 1 is 1.17 bits per heavy atom. The summed E-state index contributed by atoms with van der Waals surface area (Å²) in [4.78, 5) is 28.1. The first-order chi connectivity index (χ1) is 19.9. The van der Waals surface area contributed by atoms with E-state index in [2.05, 4.69) is 36.8 Å². The zero-order chi connectivity index (χ0) is 30.6. The number of anilines is 4. The van der Waals surface area contributed by atoms with E-state index in [1.165, 1.54) is 18.3 Å². The van der Waals surface area contributed by atoms with Gasteiger partial charge in [-0.25, -0.2) is 14.8 Å². The lowest BCUT2D eigenvalue weighted by Crippen LogP contribution is -2.29. The predicted octanol–water partition coefficient (Wildman–Crippen LogP) is 5.95. The van der Waals surface area contributed by atoms with Crippen LogP contribution in [0.1, 0.15) is 0 Å². The summed E-state index contributed by atoms with van der Waals surface area (Å²) in [7, 11) is 7.29. The smallest absolute Gasteiger partial charge is 0.403 e. The van der Waals surface area contributed by atoms with Crippen LogP contribution < -0.4 is 20.3 Å². The Labute approximate surface area is 240 Å². The van der Waals surface area contributed by atoms with Gasteiger partial charge in [-0.05, 0) is 38.4 Å². The molecule has 0 radical (unpaired) electrons. The number of benzene rings is 2. The van der Waals surface area contributed by atoms with E-state index in [4.69, 9.17) is 6.57 Å². The summed E-state index contributed by atoms with van der Waals surface area (Å²) >= 11 is 0. The number of rotatable bonds is 10. The van der Waals surface area contributed by atoms with Gasteiger partial charge in [-0.2, -0.15) is 0 Å². The topological polar surface area (TPSA) is 91.9 Å². The number of fused-ring (bicyclic) bond motifs is 1. The lowest BCUT2D eigenvalue weighted by molar-refractivity contribution is -0.274. The van der Waals surface area contributed by atoms with Crippen molar-refractivity contribution < 1.29 is 22.7 Å². The van der Waals surface area contributed by atoms with Gasteiger partial charge in [0.2, 0.25) is 11.9 Å². The Morgan fingerprint density at radius 3 is 2.60 bits per heavy atom. The van der Waals surface area contributed by atoms with Gasteiger partial charge in [-0.15, -0.1) is 13.2 Å². The van der Waals surface area contributed by atoms with E-state index >= 15 is 0 Å². The second kappa shape index (κ2) is 12.2. The van der Waals surface area contributed by atoms with Crippen LogP contribution in [0, 0.1) is 6.57 Å². The third-order valence-corrected chi connectivity index (χ3v) is 6.34. The molecule has 4 aromatic rings. The lowest BCUT2D eigenvalue weighted by atomic mass is 10.1. The maximum Gasteiger partial charge on any atom is 0.573 e. The molecule has 0 saturated heterocycles. The third kappa shape index (κ3) is 6.97. The largest absolute Gasteiger partial charge is 0.573 e. The minimum Gasteiger partial charge on any atom is -0.403 e. The molecule has 0 spiro atoms. The second-order valence-electron chi connectivity index (χ2n) is 9.69. The zero-order valence-electron chi connectivity index (χ0n) is 23.5. The van der Waals surface area contributed by atoms with Gasteiger partial charge >= 0.3 is 6.36 Å². The standard InChI is InChI=1S/C29H29F3N8O2/c1-7-27(41)35-22-15-23(26(42-29(30,31)32)16-25(22)39(5)13-12-38(3)4)37-28-34-11-10-21(36-28)20-17-40(6)24-14-18(33-2)8-9-19(20)24/h7-11,14-17H,1,12-13H2,3-6H3,(H,35,41)(H,34,36,37). The van der Waals surface area contributed by atoms with Crippen LogP contribution in [0.25, 0.3) is 27.0 Å². The van der Waals surface area contributed by atoms with Crippen molar-refractivity contribution in [3.8, 4) is 17.0 Å². The number of carbonyl (C=O) groups excluding carboxylic acids is 1. The van der Waals surface area contributed by atoms with Gasteiger partial charge in [-0.3, -0.25) is 4.79 Å². The number of amides is 1. The van der Waals surface area contributed by atoms with Crippen LogP contribution in [0.2, 0.25) is 0 Å². The normalized spacial score (nSPS) is 11.3. The molecule has 2 N–H and O–H groups in total. The van der Waals surface area contributed by atoms with Crippen LogP contribution in [0.5, 0.6) is 5.75 Å². The molecule has 42 heavy (non-hydrogen) atoms. The molecular formula is C29H29F3N8O2. The Balaban J connectivity index is 1.78.